The molecule has 4 rings (SSSR count). The summed E-state index contributed by atoms with van der Waals surface area (Å²) in [6, 6.07) is 11.7. The first-order valence-corrected chi connectivity index (χ1v) is 13.0. The van der Waals surface area contributed by atoms with Crippen LogP contribution in [0.3, 0.4) is 0 Å². The van der Waals surface area contributed by atoms with E-state index < -0.39 is 10.0 Å². The number of sulfonamides is 1. The van der Waals surface area contributed by atoms with Crippen LogP contribution in [0.15, 0.2) is 47.4 Å². The summed E-state index contributed by atoms with van der Waals surface area (Å²) in [6.07, 6.45) is 1.78. The van der Waals surface area contributed by atoms with Crippen LogP contribution in [-0.4, -0.2) is 63.6 Å². The largest absolute Gasteiger partial charge is 0.494 e. The smallest absolute Gasteiger partial charge is 0.260 e. The van der Waals surface area contributed by atoms with Gasteiger partial charge < -0.3 is 9.47 Å². The van der Waals surface area contributed by atoms with Crippen molar-refractivity contribution in [3.8, 4) is 5.75 Å². The van der Waals surface area contributed by atoms with Crippen molar-refractivity contribution >= 4 is 42.6 Å². The quantitative estimate of drug-likeness (QED) is 0.479. The summed E-state index contributed by atoms with van der Waals surface area (Å²) < 4.78 is 38.2. The highest BCUT2D eigenvalue weighted by Gasteiger charge is 2.27. The van der Waals surface area contributed by atoms with Gasteiger partial charge in [0, 0.05) is 26.3 Å². The molecule has 8 nitrogen and oxygen atoms in total. The lowest BCUT2D eigenvalue weighted by molar-refractivity contribution is 0.0917. The first-order chi connectivity index (χ1) is 15.8. The van der Waals surface area contributed by atoms with Gasteiger partial charge in [0.05, 0.1) is 34.4 Å². The van der Waals surface area contributed by atoms with Crippen LogP contribution in [0, 0.1) is 0 Å². The molecule has 1 atom stereocenters. The van der Waals surface area contributed by atoms with Gasteiger partial charge in [0.15, 0.2) is 5.13 Å². The second kappa shape index (κ2) is 9.76. The van der Waals surface area contributed by atoms with E-state index in [9.17, 15) is 13.2 Å². The number of amides is 1. The van der Waals surface area contributed by atoms with Crippen LogP contribution in [0.4, 0.5) is 5.13 Å². The SMILES string of the molecule is CCOc1ccc2nc(N(CC3CCCO3)C(=O)c3ccc(S(=O)(=O)N(C)C)cc3)sc2c1. The molecule has 3 aromatic rings. The molecule has 0 spiro atoms. The van der Waals surface area contributed by atoms with Crippen molar-refractivity contribution in [3.63, 3.8) is 0 Å². The summed E-state index contributed by atoms with van der Waals surface area (Å²) in [6.45, 7) is 3.57. The molecule has 1 unspecified atom stereocenters. The number of ether oxygens (including phenoxy) is 2. The predicted octanol–water partition coefficient (Wildman–Crippen LogP) is 3.77. The highest BCUT2D eigenvalue weighted by molar-refractivity contribution is 7.89. The Balaban J connectivity index is 1.67. The maximum Gasteiger partial charge on any atom is 0.260 e. The Morgan fingerprint density at radius 3 is 2.61 bits per heavy atom. The number of aromatic nitrogens is 1. The molecule has 10 heteroatoms. The number of nitrogens with zero attached hydrogens (tertiary/aromatic N) is 3. The van der Waals surface area contributed by atoms with Gasteiger partial charge in [-0.05, 0) is 62.2 Å². The Bertz CT molecular complexity index is 1230. The number of carbonyl (C=O) groups excluding carboxylic acids is 1. The third kappa shape index (κ3) is 5.03. The molecule has 1 amide bonds. The van der Waals surface area contributed by atoms with Crippen LogP contribution in [0.2, 0.25) is 0 Å². The molecule has 2 heterocycles. The van der Waals surface area contributed by atoms with E-state index >= 15 is 0 Å². The summed E-state index contributed by atoms with van der Waals surface area (Å²) in [5.41, 5.74) is 1.18. The van der Waals surface area contributed by atoms with E-state index in [1.165, 1.54) is 37.6 Å². The topological polar surface area (TPSA) is 89.0 Å². The predicted molar refractivity (Wildman–Crippen MR) is 129 cm³/mol. The van der Waals surface area contributed by atoms with E-state index in [4.69, 9.17) is 14.5 Å². The first kappa shape index (κ1) is 23.6. The standard InChI is InChI=1S/C23H27N3O5S2/c1-4-30-17-9-12-20-21(14-17)32-23(24-20)26(15-18-6-5-13-31-18)22(27)16-7-10-19(11-8-16)33(28,29)25(2)3/h7-12,14,18H,4-6,13,15H2,1-3H3. The van der Waals surface area contributed by atoms with E-state index in [1.54, 1.807) is 17.0 Å². The second-order valence-electron chi connectivity index (χ2n) is 7.92. The summed E-state index contributed by atoms with van der Waals surface area (Å²) in [5.74, 6) is 0.512. The molecule has 1 fully saturated rings. The number of benzene rings is 2. The number of carbonyl (C=O) groups is 1. The van der Waals surface area contributed by atoms with E-state index in [1.807, 2.05) is 25.1 Å². The van der Waals surface area contributed by atoms with Gasteiger partial charge in [-0.3, -0.25) is 9.69 Å². The molecular formula is C23H27N3O5S2. The van der Waals surface area contributed by atoms with Crippen molar-refractivity contribution in [2.75, 3.05) is 38.8 Å². The molecular weight excluding hydrogens is 462 g/mol. The van der Waals surface area contributed by atoms with Crippen molar-refractivity contribution in [1.82, 2.24) is 9.29 Å². The Morgan fingerprint density at radius 2 is 1.97 bits per heavy atom. The van der Waals surface area contributed by atoms with Crippen LogP contribution >= 0.6 is 11.3 Å². The molecule has 2 aromatic carbocycles. The van der Waals surface area contributed by atoms with E-state index in [2.05, 4.69) is 0 Å². The zero-order valence-electron chi connectivity index (χ0n) is 18.9. The number of fused-ring (bicyclic) bond motifs is 1. The maximum atomic E-state index is 13.5. The van der Waals surface area contributed by atoms with Gasteiger partial charge in [-0.15, -0.1) is 0 Å². The minimum absolute atomic E-state index is 0.0617. The third-order valence-corrected chi connectivity index (χ3v) is 8.30. The van der Waals surface area contributed by atoms with Crippen LogP contribution in [0.1, 0.15) is 30.1 Å². The number of hydrogen-bond donors (Lipinski definition) is 0. The van der Waals surface area contributed by atoms with Gasteiger partial charge in [0.25, 0.3) is 5.91 Å². The minimum Gasteiger partial charge on any atom is -0.494 e. The van der Waals surface area contributed by atoms with Crippen LogP contribution in [0.5, 0.6) is 5.75 Å². The molecule has 0 saturated carbocycles. The molecule has 0 bridgehead atoms. The highest BCUT2D eigenvalue weighted by atomic mass is 32.2. The fourth-order valence-corrected chi connectivity index (χ4v) is 5.54. The molecule has 1 aliphatic heterocycles. The minimum atomic E-state index is -3.57. The van der Waals surface area contributed by atoms with Gasteiger partial charge in [-0.25, -0.2) is 17.7 Å². The Labute approximate surface area is 197 Å². The number of thiazole rings is 1. The monoisotopic (exact) mass is 489 g/mol. The fourth-order valence-electron chi connectivity index (χ4n) is 3.64. The van der Waals surface area contributed by atoms with Crippen molar-refractivity contribution in [1.29, 1.82) is 0 Å². The second-order valence-corrected chi connectivity index (χ2v) is 11.1. The Kier molecular flexibility index (Phi) is 6.99. The van der Waals surface area contributed by atoms with E-state index in [0.717, 1.165) is 33.1 Å². The molecule has 176 valence electrons. The van der Waals surface area contributed by atoms with Gasteiger partial charge in [-0.2, -0.15) is 0 Å². The third-order valence-electron chi connectivity index (χ3n) is 5.43. The van der Waals surface area contributed by atoms with Gasteiger partial charge in [0.1, 0.15) is 5.75 Å². The van der Waals surface area contributed by atoms with Crippen molar-refractivity contribution in [3.05, 3.63) is 48.0 Å². The normalized spacial score (nSPS) is 16.4. The highest BCUT2D eigenvalue weighted by Crippen LogP contribution is 2.33. The lowest BCUT2D eigenvalue weighted by Gasteiger charge is -2.23. The van der Waals surface area contributed by atoms with Crippen LogP contribution in [0.25, 0.3) is 10.2 Å². The summed E-state index contributed by atoms with van der Waals surface area (Å²) in [7, 11) is -0.622. The van der Waals surface area contributed by atoms with E-state index in [0.29, 0.717) is 30.5 Å². The van der Waals surface area contributed by atoms with Crippen LogP contribution in [-0.2, 0) is 14.8 Å². The number of anilines is 1. The van der Waals surface area contributed by atoms with Gasteiger partial charge in [-0.1, -0.05) is 11.3 Å². The van der Waals surface area contributed by atoms with Crippen molar-refractivity contribution in [2.45, 2.75) is 30.8 Å². The average Bonchev–Trinajstić information content (AvgIpc) is 3.46. The van der Waals surface area contributed by atoms with Crippen LogP contribution < -0.4 is 9.64 Å². The zero-order chi connectivity index (χ0) is 23.6. The Morgan fingerprint density at radius 1 is 1.21 bits per heavy atom. The van der Waals surface area contributed by atoms with Crippen molar-refractivity contribution < 1.29 is 22.7 Å². The average molecular weight is 490 g/mol. The maximum absolute atomic E-state index is 13.5. The lowest BCUT2D eigenvalue weighted by atomic mass is 10.2. The molecule has 0 radical (unpaired) electrons. The van der Waals surface area contributed by atoms with Gasteiger partial charge in [0.2, 0.25) is 10.0 Å². The van der Waals surface area contributed by atoms with Gasteiger partial charge >= 0.3 is 0 Å². The Hall–Kier alpha value is -2.53. The fraction of sp³-hybridized carbons (Fsp3) is 0.391. The number of hydrogen-bond acceptors (Lipinski definition) is 7. The molecule has 0 aliphatic carbocycles. The summed E-state index contributed by atoms with van der Waals surface area (Å²) in [4.78, 5) is 20.0. The number of rotatable bonds is 8. The molecule has 1 aliphatic rings. The zero-order valence-corrected chi connectivity index (χ0v) is 20.5. The lowest BCUT2D eigenvalue weighted by Crippen LogP contribution is -2.37. The van der Waals surface area contributed by atoms with E-state index in [-0.39, 0.29) is 16.9 Å². The first-order valence-electron chi connectivity index (χ1n) is 10.8. The summed E-state index contributed by atoms with van der Waals surface area (Å²) >= 11 is 1.42. The molecule has 1 saturated heterocycles. The molecule has 0 N–H and O–H groups in total. The molecule has 33 heavy (non-hydrogen) atoms. The molecule has 1 aromatic heterocycles. The summed E-state index contributed by atoms with van der Waals surface area (Å²) in [5, 5.41) is 0.573. The van der Waals surface area contributed by atoms with Crippen molar-refractivity contribution in [2.24, 2.45) is 0 Å².